The van der Waals surface area contributed by atoms with Crippen LogP contribution in [-0.2, 0) is 16.0 Å². The van der Waals surface area contributed by atoms with Gasteiger partial charge in [0.25, 0.3) is 5.91 Å². The van der Waals surface area contributed by atoms with Gasteiger partial charge in [0.2, 0.25) is 0 Å². The number of carbonyl (C=O) groups is 1. The molecular formula is C23H23F2NO5. The summed E-state index contributed by atoms with van der Waals surface area (Å²) in [5.74, 6) is 3.44. The van der Waals surface area contributed by atoms with E-state index in [9.17, 15) is 13.6 Å². The molecule has 6 nitrogen and oxygen atoms in total. The van der Waals surface area contributed by atoms with Gasteiger partial charge in [0.05, 0.1) is 19.8 Å². The fraction of sp³-hybridized carbons (Fsp3) is 0.261. The minimum atomic E-state index is -3.04. The van der Waals surface area contributed by atoms with Gasteiger partial charge in [-0.05, 0) is 41.8 Å². The largest absolute Gasteiger partial charge is 0.497 e. The van der Waals surface area contributed by atoms with E-state index in [0.717, 1.165) is 11.8 Å². The van der Waals surface area contributed by atoms with Crippen LogP contribution in [0.5, 0.6) is 17.2 Å². The number of hydrogen-bond acceptors (Lipinski definition) is 5. The second-order valence-electron chi connectivity index (χ2n) is 6.14. The molecule has 0 saturated carbocycles. The van der Waals surface area contributed by atoms with E-state index in [2.05, 4.69) is 16.0 Å². The highest BCUT2D eigenvalue weighted by Crippen LogP contribution is 2.28. The average molecular weight is 431 g/mol. The molecular weight excluding hydrogens is 408 g/mol. The lowest BCUT2D eigenvalue weighted by atomic mass is 10.1. The van der Waals surface area contributed by atoms with Gasteiger partial charge in [-0.1, -0.05) is 24.1 Å². The van der Waals surface area contributed by atoms with Crippen LogP contribution in [0.3, 0.4) is 0 Å². The van der Waals surface area contributed by atoms with Gasteiger partial charge in [0.1, 0.15) is 18.6 Å². The van der Waals surface area contributed by atoms with Crippen molar-refractivity contribution >= 4 is 11.5 Å². The van der Waals surface area contributed by atoms with E-state index in [1.165, 1.54) is 14.2 Å². The molecule has 31 heavy (non-hydrogen) atoms. The van der Waals surface area contributed by atoms with Gasteiger partial charge in [-0.25, -0.2) is 0 Å². The number of benzene rings is 2. The van der Waals surface area contributed by atoms with Gasteiger partial charge in [0.15, 0.2) is 11.5 Å². The molecule has 164 valence electrons. The first-order valence-corrected chi connectivity index (χ1v) is 9.28. The van der Waals surface area contributed by atoms with Crippen LogP contribution in [0.4, 0.5) is 8.78 Å². The van der Waals surface area contributed by atoms with Crippen molar-refractivity contribution in [3.05, 3.63) is 59.9 Å². The van der Waals surface area contributed by atoms with Crippen molar-refractivity contribution in [3.8, 4) is 29.6 Å². The van der Waals surface area contributed by atoms with E-state index in [4.69, 9.17) is 20.6 Å². The number of alkyl halides is 2. The average Bonchev–Trinajstić information content (AvgIpc) is 2.78. The number of carbonyl (C=O) groups excluding carboxylic acids is 1. The molecule has 2 aromatic rings. The van der Waals surface area contributed by atoms with E-state index >= 15 is 0 Å². The van der Waals surface area contributed by atoms with E-state index in [0.29, 0.717) is 29.2 Å². The Labute approximate surface area is 179 Å². The lowest BCUT2D eigenvalue weighted by Gasteiger charge is -2.12. The van der Waals surface area contributed by atoms with E-state index < -0.39 is 12.5 Å². The third-order valence-electron chi connectivity index (χ3n) is 4.17. The maximum Gasteiger partial charge on any atom is 0.386 e. The third kappa shape index (κ3) is 7.23. The first kappa shape index (κ1) is 23.5. The summed E-state index contributed by atoms with van der Waals surface area (Å²) in [6.07, 6.45) is 6.42. The van der Waals surface area contributed by atoms with Gasteiger partial charge < -0.3 is 24.3 Å². The smallest absolute Gasteiger partial charge is 0.386 e. The first-order chi connectivity index (χ1) is 15.0. The maximum absolute atomic E-state index is 12.6. The van der Waals surface area contributed by atoms with Gasteiger partial charge in [0, 0.05) is 6.54 Å². The summed E-state index contributed by atoms with van der Waals surface area (Å²) in [5, 5.41) is 2.71. The Balaban J connectivity index is 2.05. The molecule has 8 heteroatoms. The van der Waals surface area contributed by atoms with Gasteiger partial charge in [-0.3, -0.25) is 4.79 Å². The van der Waals surface area contributed by atoms with Crippen LogP contribution in [-0.4, -0.2) is 39.9 Å². The Kier molecular flexibility index (Phi) is 9.17. The van der Waals surface area contributed by atoms with Crippen LogP contribution in [0.15, 0.2) is 48.7 Å². The van der Waals surface area contributed by atoms with Crippen LogP contribution in [0.2, 0.25) is 0 Å². The summed E-state index contributed by atoms with van der Waals surface area (Å²) in [7, 11) is 3.01. The summed E-state index contributed by atoms with van der Waals surface area (Å²) >= 11 is 0. The summed E-state index contributed by atoms with van der Waals surface area (Å²) < 4.78 is 45.0. The van der Waals surface area contributed by atoms with Crippen molar-refractivity contribution in [3.63, 3.8) is 0 Å². The third-order valence-corrected chi connectivity index (χ3v) is 4.17. The molecule has 0 aliphatic rings. The monoisotopic (exact) mass is 431 g/mol. The number of methoxy groups -OCH3 is 2. The summed E-state index contributed by atoms with van der Waals surface area (Å²) in [6.45, 7) is -2.66. The zero-order chi connectivity index (χ0) is 22.6. The first-order valence-electron chi connectivity index (χ1n) is 9.28. The molecule has 0 spiro atoms. The molecule has 2 rings (SSSR count). The molecule has 1 amide bonds. The van der Waals surface area contributed by atoms with Crippen molar-refractivity contribution in [1.82, 2.24) is 5.32 Å². The number of terminal acetylenes is 1. The zero-order valence-electron chi connectivity index (χ0n) is 17.2. The Morgan fingerprint density at radius 3 is 2.48 bits per heavy atom. The van der Waals surface area contributed by atoms with Crippen molar-refractivity contribution in [2.75, 3.05) is 27.4 Å². The molecule has 0 saturated heterocycles. The van der Waals surface area contributed by atoms with Crippen LogP contribution in [0.1, 0.15) is 11.1 Å². The van der Waals surface area contributed by atoms with Crippen LogP contribution in [0.25, 0.3) is 5.57 Å². The number of halogens is 2. The summed E-state index contributed by atoms with van der Waals surface area (Å²) in [6, 6.07) is 11.7. The van der Waals surface area contributed by atoms with Crippen LogP contribution >= 0.6 is 0 Å². The predicted octanol–water partition coefficient (Wildman–Crippen LogP) is 3.65. The highest BCUT2D eigenvalue weighted by molar-refractivity contribution is 6.19. The molecule has 1 N–H and O–H groups in total. The molecule has 0 radical (unpaired) electrons. The highest BCUT2D eigenvalue weighted by atomic mass is 19.3. The van der Waals surface area contributed by atoms with Crippen LogP contribution in [0, 0.1) is 12.3 Å². The number of amides is 1. The van der Waals surface area contributed by atoms with Crippen molar-refractivity contribution in [2.24, 2.45) is 0 Å². The topological polar surface area (TPSA) is 66.0 Å². The Morgan fingerprint density at radius 1 is 1.13 bits per heavy atom. The fourth-order valence-electron chi connectivity index (χ4n) is 2.66. The van der Waals surface area contributed by atoms with E-state index in [-0.39, 0.29) is 18.7 Å². The predicted molar refractivity (Wildman–Crippen MR) is 112 cm³/mol. The molecule has 0 atom stereocenters. The number of hydrogen-bond donors (Lipinski definition) is 1. The molecule has 0 aliphatic heterocycles. The molecule has 0 unspecified atom stereocenters. The molecule has 0 aromatic heterocycles. The summed E-state index contributed by atoms with van der Waals surface area (Å²) in [5.41, 5.74) is 1.26. The zero-order valence-corrected chi connectivity index (χ0v) is 17.2. The standard InChI is InChI=1S/C23H23F2NO5/c1-4-13-30-20-10-5-16(14-21(20)29-3)11-12-26-22(27)19(15-31-23(24)25)17-6-8-18(28-2)9-7-17/h1,5-10,14-15,23H,11-13H2,2-3H3,(H,26,27). The lowest BCUT2D eigenvalue weighted by molar-refractivity contribution is -0.116. The minimum absolute atomic E-state index is 0.0291. The lowest BCUT2D eigenvalue weighted by Crippen LogP contribution is -2.27. The van der Waals surface area contributed by atoms with Crippen molar-refractivity contribution in [2.45, 2.75) is 13.0 Å². The molecule has 0 heterocycles. The Bertz CT molecular complexity index is 936. The number of rotatable bonds is 11. The molecule has 2 aromatic carbocycles. The number of nitrogens with one attached hydrogen (secondary N) is 1. The highest BCUT2D eigenvalue weighted by Gasteiger charge is 2.14. The quantitative estimate of drug-likeness (QED) is 0.334. The summed E-state index contributed by atoms with van der Waals surface area (Å²) in [4.78, 5) is 12.6. The van der Waals surface area contributed by atoms with Gasteiger partial charge in [-0.15, -0.1) is 6.42 Å². The molecule has 0 bridgehead atoms. The van der Waals surface area contributed by atoms with Gasteiger partial charge in [-0.2, -0.15) is 8.78 Å². The maximum atomic E-state index is 12.6. The SMILES string of the molecule is C#CCOc1ccc(CCNC(=O)C(=COC(F)F)c2ccc(OC)cc2)cc1OC. The van der Waals surface area contributed by atoms with Crippen molar-refractivity contribution < 1.29 is 32.5 Å². The number of ether oxygens (including phenoxy) is 4. The Hall–Kier alpha value is -3.73. The van der Waals surface area contributed by atoms with Crippen LogP contribution < -0.4 is 19.5 Å². The van der Waals surface area contributed by atoms with E-state index in [1.54, 1.807) is 36.4 Å². The molecule has 0 fully saturated rings. The fourth-order valence-corrected chi connectivity index (χ4v) is 2.66. The second-order valence-corrected chi connectivity index (χ2v) is 6.14. The Morgan fingerprint density at radius 2 is 1.87 bits per heavy atom. The second kappa shape index (κ2) is 12.1. The van der Waals surface area contributed by atoms with E-state index in [1.807, 2.05) is 6.07 Å². The van der Waals surface area contributed by atoms with Gasteiger partial charge >= 0.3 is 6.61 Å². The minimum Gasteiger partial charge on any atom is -0.497 e. The van der Waals surface area contributed by atoms with Crippen molar-refractivity contribution in [1.29, 1.82) is 0 Å². The normalized spacial score (nSPS) is 10.9. The molecule has 0 aliphatic carbocycles.